The van der Waals surface area contributed by atoms with Crippen LogP contribution >= 0.6 is 11.6 Å². The number of hydrogen-bond donors (Lipinski definition) is 1. The molecule has 0 saturated carbocycles. The standard InChI is InChI=1S/C19H26ClFN2O3/c1-19(2,3)23-11-16(20)18(10-22-23)26-13-15-6-5-14(9-17(15)24-4)12-25-8-7-21/h5-6,9-11,22H,7-8,12-13H2,1-4H3. The predicted octanol–water partition coefficient (Wildman–Crippen LogP) is 4.24. The molecule has 0 aromatic heterocycles. The smallest absolute Gasteiger partial charge is 0.157 e. The summed E-state index contributed by atoms with van der Waals surface area (Å²) in [5.74, 6) is 1.25. The molecule has 0 spiro atoms. The fourth-order valence-corrected chi connectivity index (χ4v) is 2.51. The second kappa shape index (κ2) is 9.14. The minimum atomic E-state index is -0.493. The number of nitrogens with zero attached hydrogens (tertiary/aromatic N) is 1. The van der Waals surface area contributed by atoms with Gasteiger partial charge in [-0.15, -0.1) is 0 Å². The number of ether oxygens (including phenoxy) is 3. The number of benzene rings is 1. The number of nitrogens with one attached hydrogen (secondary N) is 1. The molecule has 5 nitrogen and oxygen atoms in total. The molecule has 0 unspecified atom stereocenters. The molecule has 0 aliphatic carbocycles. The van der Waals surface area contributed by atoms with Crippen LogP contribution in [0.2, 0.25) is 0 Å². The summed E-state index contributed by atoms with van der Waals surface area (Å²) in [6.07, 6.45) is 3.54. The summed E-state index contributed by atoms with van der Waals surface area (Å²) in [5.41, 5.74) is 4.84. The van der Waals surface area contributed by atoms with Crippen LogP contribution in [-0.4, -0.2) is 30.9 Å². The molecule has 0 amide bonds. The van der Waals surface area contributed by atoms with Gasteiger partial charge in [0.05, 0.1) is 32.1 Å². The van der Waals surface area contributed by atoms with E-state index in [0.717, 1.165) is 11.1 Å². The van der Waals surface area contributed by atoms with E-state index in [1.54, 1.807) is 19.5 Å². The molecular formula is C19H26ClFN2O3. The maximum atomic E-state index is 12.1. The van der Waals surface area contributed by atoms with Crippen molar-refractivity contribution < 1.29 is 18.6 Å². The van der Waals surface area contributed by atoms with Gasteiger partial charge in [-0.1, -0.05) is 23.7 Å². The molecular weight excluding hydrogens is 359 g/mol. The zero-order valence-corrected chi connectivity index (χ0v) is 16.4. The number of allylic oxidation sites excluding steroid dienone is 1. The van der Waals surface area contributed by atoms with E-state index in [1.165, 1.54) is 0 Å². The molecule has 2 rings (SSSR count). The zero-order chi connectivity index (χ0) is 19.2. The number of hydrazine groups is 1. The van der Waals surface area contributed by atoms with Gasteiger partial charge >= 0.3 is 0 Å². The van der Waals surface area contributed by atoms with Gasteiger partial charge in [0.2, 0.25) is 0 Å². The fraction of sp³-hybridized carbons (Fsp3) is 0.474. The Morgan fingerprint density at radius 3 is 2.62 bits per heavy atom. The highest BCUT2D eigenvalue weighted by atomic mass is 35.5. The van der Waals surface area contributed by atoms with Crippen molar-refractivity contribution in [2.75, 3.05) is 20.4 Å². The Morgan fingerprint density at radius 1 is 1.23 bits per heavy atom. The average molecular weight is 385 g/mol. The normalized spacial score (nSPS) is 14.5. The summed E-state index contributed by atoms with van der Waals surface area (Å²) in [6.45, 7) is 6.46. The van der Waals surface area contributed by atoms with E-state index in [0.29, 0.717) is 29.8 Å². The molecule has 0 bridgehead atoms. The van der Waals surface area contributed by atoms with Crippen molar-refractivity contribution in [3.8, 4) is 5.75 Å². The van der Waals surface area contributed by atoms with Gasteiger partial charge in [0.1, 0.15) is 24.1 Å². The van der Waals surface area contributed by atoms with Crippen LogP contribution in [-0.2, 0) is 22.7 Å². The molecule has 1 N–H and O–H groups in total. The number of rotatable bonds is 8. The Bertz CT molecular complexity index is 671. The average Bonchev–Trinajstić information content (AvgIpc) is 2.60. The van der Waals surface area contributed by atoms with Gasteiger partial charge in [0.15, 0.2) is 5.76 Å². The highest BCUT2D eigenvalue weighted by molar-refractivity contribution is 6.31. The number of alkyl halides is 1. The molecule has 1 aromatic carbocycles. The van der Waals surface area contributed by atoms with Crippen LogP contribution in [0.1, 0.15) is 31.9 Å². The van der Waals surface area contributed by atoms with Gasteiger partial charge in [-0.2, -0.15) is 0 Å². The first kappa shape index (κ1) is 20.4. The summed E-state index contributed by atoms with van der Waals surface area (Å²) in [4.78, 5) is 0. The molecule has 26 heavy (non-hydrogen) atoms. The van der Waals surface area contributed by atoms with Crippen molar-refractivity contribution in [1.29, 1.82) is 0 Å². The number of halogens is 2. The van der Waals surface area contributed by atoms with E-state index >= 15 is 0 Å². The fourth-order valence-electron chi connectivity index (χ4n) is 2.31. The lowest BCUT2D eigenvalue weighted by atomic mass is 10.1. The van der Waals surface area contributed by atoms with Crippen LogP contribution in [0, 0.1) is 0 Å². The Morgan fingerprint density at radius 2 is 2.00 bits per heavy atom. The molecule has 0 atom stereocenters. The molecule has 1 aliphatic rings. The van der Waals surface area contributed by atoms with E-state index in [-0.39, 0.29) is 12.1 Å². The summed E-state index contributed by atoms with van der Waals surface area (Å²) in [6, 6.07) is 5.68. The Balaban J connectivity index is 1.99. The van der Waals surface area contributed by atoms with Crippen LogP contribution in [0.25, 0.3) is 0 Å². The minimum absolute atomic E-state index is 0.0880. The van der Waals surface area contributed by atoms with Gasteiger partial charge < -0.3 is 19.6 Å². The molecule has 7 heteroatoms. The van der Waals surface area contributed by atoms with Crippen molar-refractivity contribution in [2.45, 2.75) is 39.5 Å². The zero-order valence-electron chi connectivity index (χ0n) is 15.6. The largest absolute Gasteiger partial charge is 0.496 e. The van der Waals surface area contributed by atoms with Crippen LogP contribution in [0.4, 0.5) is 4.39 Å². The SMILES string of the molecule is COc1cc(COCCF)ccc1COC1=CNN(C(C)(C)C)C=C1Cl. The van der Waals surface area contributed by atoms with Crippen LogP contribution in [0.5, 0.6) is 5.75 Å². The van der Waals surface area contributed by atoms with E-state index in [1.807, 2.05) is 23.2 Å². The van der Waals surface area contributed by atoms with Gasteiger partial charge in [0.25, 0.3) is 0 Å². The topological polar surface area (TPSA) is 43.0 Å². The van der Waals surface area contributed by atoms with Gasteiger partial charge in [-0.25, -0.2) is 4.39 Å². The first-order valence-electron chi connectivity index (χ1n) is 8.41. The van der Waals surface area contributed by atoms with Crippen LogP contribution in [0.15, 0.2) is 41.4 Å². The van der Waals surface area contributed by atoms with E-state index in [2.05, 4.69) is 26.2 Å². The third-order valence-electron chi connectivity index (χ3n) is 3.76. The molecule has 0 fully saturated rings. The van der Waals surface area contributed by atoms with Gasteiger partial charge in [-0.3, -0.25) is 5.01 Å². The quantitative estimate of drug-likeness (QED) is 0.679. The van der Waals surface area contributed by atoms with Crippen molar-refractivity contribution in [3.63, 3.8) is 0 Å². The Labute approximate surface area is 159 Å². The monoisotopic (exact) mass is 384 g/mol. The van der Waals surface area contributed by atoms with Crippen molar-refractivity contribution >= 4 is 11.6 Å². The number of hydrogen-bond acceptors (Lipinski definition) is 5. The first-order chi connectivity index (χ1) is 12.3. The molecule has 144 valence electrons. The summed E-state index contributed by atoms with van der Waals surface area (Å²) < 4.78 is 28.6. The Kier molecular flexibility index (Phi) is 7.17. The second-order valence-electron chi connectivity index (χ2n) is 6.83. The van der Waals surface area contributed by atoms with Crippen LogP contribution in [0.3, 0.4) is 0 Å². The lowest BCUT2D eigenvalue weighted by Crippen LogP contribution is -2.46. The van der Waals surface area contributed by atoms with Gasteiger partial charge in [-0.05, 0) is 32.4 Å². The summed E-state index contributed by atoms with van der Waals surface area (Å²) in [7, 11) is 1.60. The van der Waals surface area contributed by atoms with Crippen LogP contribution < -0.4 is 10.2 Å². The first-order valence-corrected chi connectivity index (χ1v) is 8.78. The molecule has 1 aromatic rings. The highest BCUT2D eigenvalue weighted by Gasteiger charge is 2.22. The molecule has 0 saturated heterocycles. The third-order valence-corrected chi connectivity index (χ3v) is 4.04. The molecule has 1 heterocycles. The minimum Gasteiger partial charge on any atom is -0.496 e. The lowest BCUT2D eigenvalue weighted by molar-refractivity contribution is 0.106. The summed E-state index contributed by atoms with van der Waals surface area (Å²) in [5, 5.41) is 2.43. The maximum absolute atomic E-state index is 12.1. The third kappa shape index (κ3) is 5.54. The lowest BCUT2D eigenvalue weighted by Gasteiger charge is -2.36. The predicted molar refractivity (Wildman–Crippen MR) is 100 cm³/mol. The Hall–Kier alpha value is -1.92. The van der Waals surface area contributed by atoms with E-state index in [9.17, 15) is 4.39 Å². The molecule has 0 radical (unpaired) electrons. The number of methoxy groups -OCH3 is 1. The van der Waals surface area contributed by atoms with Crippen molar-refractivity contribution in [1.82, 2.24) is 10.4 Å². The highest BCUT2D eigenvalue weighted by Crippen LogP contribution is 2.27. The van der Waals surface area contributed by atoms with Crippen molar-refractivity contribution in [2.24, 2.45) is 0 Å². The maximum Gasteiger partial charge on any atom is 0.157 e. The van der Waals surface area contributed by atoms with Gasteiger partial charge in [0, 0.05) is 11.8 Å². The molecule has 1 aliphatic heterocycles. The van der Waals surface area contributed by atoms with E-state index in [4.69, 9.17) is 25.8 Å². The second-order valence-corrected chi connectivity index (χ2v) is 7.24. The summed E-state index contributed by atoms with van der Waals surface area (Å²) >= 11 is 6.33. The van der Waals surface area contributed by atoms with E-state index < -0.39 is 6.67 Å². The van der Waals surface area contributed by atoms with Crippen molar-refractivity contribution in [3.05, 3.63) is 52.5 Å².